The summed E-state index contributed by atoms with van der Waals surface area (Å²) in [7, 11) is -3.57. The molecule has 1 saturated heterocycles. The Kier molecular flexibility index (Phi) is 5.50. The van der Waals surface area contributed by atoms with Crippen LogP contribution in [0.25, 0.3) is 11.3 Å². The molecule has 6 nitrogen and oxygen atoms in total. The molecule has 2 aromatic carbocycles. The number of hydrogen-bond donors (Lipinski definition) is 1. The van der Waals surface area contributed by atoms with E-state index in [9.17, 15) is 8.42 Å². The zero-order valence-electron chi connectivity index (χ0n) is 15.2. The van der Waals surface area contributed by atoms with Gasteiger partial charge >= 0.3 is 0 Å². The average Bonchev–Trinajstić information content (AvgIpc) is 3.18. The molecule has 2 heterocycles. The molecule has 0 amide bonds. The second-order valence-corrected chi connectivity index (χ2v) is 9.06. The maximum atomic E-state index is 12.8. The molecule has 1 aliphatic rings. The van der Waals surface area contributed by atoms with Gasteiger partial charge in [0.25, 0.3) is 5.89 Å². The van der Waals surface area contributed by atoms with Crippen molar-refractivity contribution in [3.05, 3.63) is 71.7 Å². The monoisotopic (exact) mass is 418 g/mol. The number of aromatic nitrogens is 1. The maximum absolute atomic E-state index is 12.8. The first kappa shape index (κ1) is 19.1. The van der Waals surface area contributed by atoms with E-state index in [-0.39, 0.29) is 9.92 Å². The molecule has 0 saturated carbocycles. The molecule has 1 N–H and O–H groups in total. The molecule has 0 aliphatic carbocycles. The molecular formula is C20H21ClN3O3S+. The van der Waals surface area contributed by atoms with Gasteiger partial charge in [-0.25, -0.2) is 13.4 Å². The van der Waals surface area contributed by atoms with Gasteiger partial charge in [-0.05, 0) is 12.1 Å². The van der Waals surface area contributed by atoms with Crippen LogP contribution in [0.15, 0.2) is 70.1 Å². The van der Waals surface area contributed by atoms with Crippen LogP contribution in [0, 0.1) is 0 Å². The molecule has 1 fully saturated rings. The molecule has 1 aliphatic heterocycles. The summed E-state index contributed by atoms with van der Waals surface area (Å²) in [6, 6.07) is 16.4. The number of halogens is 1. The minimum absolute atomic E-state index is 0.167. The van der Waals surface area contributed by atoms with E-state index in [0.717, 1.165) is 11.3 Å². The number of piperazine rings is 1. The van der Waals surface area contributed by atoms with Crippen molar-refractivity contribution in [3.8, 4) is 11.3 Å². The highest BCUT2D eigenvalue weighted by atomic mass is 35.5. The van der Waals surface area contributed by atoms with Crippen LogP contribution in [-0.2, 0) is 16.6 Å². The molecule has 0 atom stereocenters. The Labute approximate surface area is 169 Å². The van der Waals surface area contributed by atoms with Gasteiger partial charge in [0, 0.05) is 5.56 Å². The summed E-state index contributed by atoms with van der Waals surface area (Å²) in [5, 5.41) is 0.255. The van der Waals surface area contributed by atoms with Crippen LogP contribution in [0.5, 0.6) is 0 Å². The lowest BCUT2D eigenvalue weighted by Crippen LogP contribution is -3.13. The minimum Gasteiger partial charge on any atom is -0.435 e. The largest absolute Gasteiger partial charge is 0.435 e. The minimum atomic E-state index is -3.57. The first-order valence-corrected chi connectivity index (χ1v) is 10.9. The molecule has 0 spiro atoms. The fourth-order valence-electron chi connectivity index (χ4n) is 3.35. The van der Waals surface area contributed by atoms with E-state index in [1.165, 1.54) is 9.21 Å². The van der Waals surface area contributed by atoms with Crippen molar-refractivity contribution in [2.24, 2.45) is 0 Å². The van der Waals surface area contributed by atoms with E-state index < -0.39 is 10.0 Å². The third kappa shape index (κ3) is 3.98. The van der Waals surface area contributed by atoms with E-state index in [2.05, 4.69) is 4.98 Å². The quantitative estimate of drug-likeness (QED) is 0.689. The van der Waals surface area contributed by atoms with E-state index >= 15 is 0 Å². The predicted molar refractivity (Wildman–Crippen MR) is 107 cm³/mol. The first-order chi connectivity index (χ1) is 13.5. The first-order valence-electron chi connectivity index (χ1n) is 9.12. The normalized spacial score (nSPS) is 16.3. The van der Waals surface area contributed by atoms with Gasteiger partial charge in [0.05, 0.1) is 37.4 Å². The van der Waals surface area contributed by atoms with Crippen LogP contribution in [-0.4, -0.2) is 43.9 Å². The van der Waals surface area contributed by atoms with E-state index in [1.807, 2.05) is 30.3 Å². The average molecular weight is 419 g/mol. The van der Waals surface area contributed by atoms with Gasteiger partial charge in [0.1, 0.15) is 4.90 Å². The number of rotatable bonds is 5. The molecule has 0 radical (unpaired) electrons. The van der Waals surface area contributed by atoms with Crippen LogP contribution in [0.3, 0.4) is 0 Å². The lowest BCUT2D eigenvalue weighted by molar-refractivity contribution is -0.918. The number of benzene rings is 2. The standard InChI is InChI=1S/C20H20ClN3O3S/c21-17-8-4-5-9-19(17)28(25,26)24-12-10-23(11-13-24)15-20-22-14-18(27-20)16-6-2-1-3-7-16/h1-9,14H,10-13,15H2/p+1. The summed E-state index contributed by atoms with van der Waals surface area (Å²) in [6.45, 7) is 2.89. The van der Waals surface area contributed by atoms with Crippen molar-refractivity contribution in [2.45, 2.75) is 11.4 Å². The van der Waals surface area contributed by atoms with Gasteiger partial charge in [0.2, 0.25) is 10.0 Å². The van der Waals surface area contributed by atoms with Crippen LogP contribution in [0.1, 0.15) is 5.89 Å². The van der Waals surface area contributed by atoms with Crippen LogP contribution in [0.2, 0.25) is 5.02 Å². The highest BCUT2D eigenvalue weighted by molar-refractivity contribution is 7.89. The Morgan fingerprint density at radius 2 is 1.71 bits per heavy atom. The number of oxazole rings is 1. The summed E-state index contributed by atoms with van der Waals surface area (Å²) >= 11 is 6.09. The number of hydrogen-bond acceptors (Lipinski definition) is 4. The Bertz CT molecular complexity index is 1050. The van der Waals surface area contributed by atoms with Crippen LogP contribution >= 0.6 is 11.6 Å². The van der Waals surface area contributed by atoms with E-state index in [0.29, 0.717) is 38.6 Å². The molecular weight excluding hydrogens is 398 g/mol. The summed E-state index contributed by atoms with van der Waals surface area (Å²) in [4.78, 5) is 5.79. The molecule has 8 heteroatoms. The van der Waals surface area contributed by atoms with Gasteiger partial charge in [-0.15, -0.1) is 0 Å². The van der Waals surface area contributed by atoms with Crippen molar-refractivity contribution in [1.82, 2.24) is 9.29 Å². The Hall–Kier alpha value is -2.19. The smallest absolute Gasteiger partial charge is 0.250 e. The van der Waals surface area contributed by atoms with E-state index in [1.54, 1.807) is 30.5 Å². The molecule has 146 valence electrons. The molecule has 4 rings (SSSR count). The zero-order chi connectivity index (χ0) is 19.6. The van der Waals surface area contributed by atoms with Crippen molar-refractivity contribution in [2.75, 3.05) is 26.2 Å². The number of nitrogens with zero attached hydrogens (tertiary/aromatic N) is 2. The zero-order valence-corrected chi connectivity index (χ0v) is 16.8. The summed E-state index contributed by atoms with van der Waals surface area (Å²) in [5.41, 5.74) is 0.993. The molecule has 0 bridgehead atoms. The lowest BCUT2D eigenvalue weighted by atomic mass is 10.2. The Balaban J connectivity index is 1.39. The summed E-state index contributed by atoms with van der Waals surface area (Å²) in [5.74, 6) is 1.41. The highest BCUT2D eigenvalue weighted by Crippen LogP contribution is 2.24. The number of sulfonamides is 1. The van der Waals surface area contributed by atoms with Crippen LogP contribution < -0.4 is 4.90 Å². The number of quaternary nitrogens is 1. The summed E-state index contributed by atoms with van der Waals surface area (Å²) < 4.78 is 33.0. The number of nitrogens with one attached hydrogen (secondary N) is 1. The van der Waals surface area contributed by atoms with Gasteiger partial charge in [-0.1, -0.05) is 54.1 Å². The molecule has 28 heavy (non-hydrogen) atoms. The molecule has 0 unspecified atom stereocenters. The van der Waals surface area contributed by atoms with Crippen LogP contribution in [0.4, 0.5) is 0 Å². The van der Waals surface area contributed by atoms with Crippen molar-refractivity contribution in [1.29, 1.82) is 0 Å². The maximum Gasteiger partial charge on any atom is 0.250 e. The van der Waals surface area contributed by atoms with Gasteiger partial charge < -0.3 is 9.32 Å². The second kappa shape index (κ2) is 8.05. The van der Waals surface area contributed by atoms with Crippen molar-refractivity contribution < 1.29 is 17.7 Å². The fourth-order valence-corrected chi connectivity index (χ4v) is 5.29. The fraction of sp³-hybridized carbons (Fsp3) is 0.250. The predicted octanol–water partition coefficient (Wildman–Crippen LogP) is 2.08. The van der Waals surface area contributed by atoms with Gasteiger partial charge in [-0.3, -0.25) is 0 Å². The highest BCUT2D eigenvalue weighted by Gasteiger charge is 2.32. The topological polar surface area (TPSA) is 67.8 Å². The van der Waals surface area contributed by atoms with Gasteiger partial charge in [0.15, 0.2) is 12.3 Å². The van der Waals surface area contributed by atoms with Gasteiger partial charge in [-0.2, -0.15) is 4.31 Å². The summed E-state index contributed by atoms with van der Waals surface area (Å²) in [6.07, 6.45) is 1.74. The Morgan fingerprint density at radius 3 is 2.43 bits per heavy atom. The third-order valence-corrected chi connectivity index (χ3v) is 7.30. The van der Waals surface area contributed by atoms with Crippen molar-refractivity contribution in [3.63, 3.8) is 0 Å². The lowest BCUT2D eigenvalue weighted by Gasteiger charge is -2.31. The SMILES string of the molecule is O=S(=O)(c1ccccc1Cl)N1CC[NH+](Cc2ncc(-c3ccccc3)o2)CC1. The Morgan fingerprint density at radius 1 is 1.04 bits per heavy atom. The molecule has 1 aromatic heterocycles. The third-order valence-electron chi connectivity index (χ3n) is 4.90. The second-order valence-electron chi connectivity index (χ2n) is 6.75. The van der Waals surface area contributed by atoms with E-state index in [4.69, 9.17) is 16.0 Å². The molecule has 3 aromatic rings. The van der Waals surface area contributed by atoms with Crippen molar-refractivity contribution >= 4 is 21.6 Å².